The molecule has 0 aliphatic carbocycles. The third-order valence-corrected chi connectivity index (χ3v) is 4.86. The summed E-state index contributed by atoms with van der Waals surface area (Å²) in [7, 11) is 0. The largest absolute Gasteiger partial charge is 1.00 e. The van der Waals surface area contributed by atoms with E-state index in [1.807, 2.05) is 0 Å². The van der Waals surface area contributed by atoms with Crippen molar-refractivity contribution in [3.05, 3.63) is 52.4 Å². The molecule has 0 amide bonds. The molecular formula is C24H23BClF15N6NaO6. The van der Waals surface area contributed by atoms with Crippen molar-refractivity contribution in [2.75, 3.05) is 19.8 Å². The van der Waals surface area contributed by atoms with Crippen LogP contribution in [0.4, 0.5) is 65.9 Å². The summed E-state index contributed by atoms with van der Waals surface area (Å²) in [4.78, 5) is 33.2. The zero-order valence-corrected chi connectivity index (χ0v) is 30.2. The topological polar surface area (TPSA) is 143 Å². The summed E-state index contributed by atoms with van der Waals surface area (Å²) in [6, 6.07) is 0. The zero-order chi connectivity index (χ0) is 40.8. The Balaban J connectivity index is -0.000000330. The van der Waals surface area contributed by atoms with Crippen LogP contribution in [0.25, 0.3) is 0 Å². The first-order valence-electron chi connectivity index (χ1n) is 13.2. The number of nitrogens with one attached hydrogen (secondary N) is 1. The van der Waals surface area contributed by atoms with Gasteiger partial charge >= 0.3 is 85.0 Å². The van der Waals surface area contributed by atoms with Crippen molar-refractivity contribution in [3.8, 4) is 0 Å². The third-order valence-electron chi connectivity index (χ3n) is 4.86. The number of H-pyrrole nitrogens is 1. The van der Waals surface area contributed by atoms with Gasteiger partial charge < -0.3 is 15.6 Å². The predicted octanol–water partition coefficient (Wildman–Crippen LogP) is 4.74. The maximum absolute atomic E-state index is 12.5. The maximum Gasteiger partial charge on any atom is 1.00 e. The molecule has 54 heavy (non-hydrogen) atoms. The number of alkyl halides is 16. The van der Waals surface area contributed by atoms with Gasteiger partial charge in [0.25, 0.3) is 0 Å². The number of aromatic nitrogens is 6. The summed E-state index contributed by atoms with van der Waals surface area (Å²) in [6.45, 7) is -2.82. The van der Waals surface area contributed by atoms with E-state index in [9.17, 15) is 80.2 Å². The Morgan fingerprint density at radius 3 is 1.52 bits per heavy atom. The monoisotopic (exact) mass is 845 g/mol. The predicted molar refractivity (Wildman–Crippen MR) is 147 cm³/mol. The van der Waals surface area contributed by atoms with Gasteiger partial charge in [0.2, 0.25) is 0 Å². The zero-order valence-electron chi connectivity index (χ0n) is 28.4. The summed E-state index contributed by atoms with van der Waals surface area (Å²) in [6.07, 6.45) is -13.2. The number of hydrogen-bond acceptors (Lipinski definition) is 9. The maximum atomic E-state index is 12.5. The van der Waals surface area contributed by atoms with E-state index in [0.717, 1.165) is 6.20 Å². The van der Waals surface area contributed by atoms with E-state index >= 15 is 0 Å². The summed E-state index contributed by atoms with van der Waals surface area (Å²) in [5.74, 6) is -6.41. The second kappa shape index (κ2) is 24.0. The summed E-state index contributed by atoms with van der Waals surface area (Å²) in [5.41, 5.74) is -7.34. The van der Waals surface area contributed by atoms with Crippen LogP contribution in [-0.4, -0.2) is 81.8 Å². The molecule has 12 nitrogen and oxygen atoms in total. The minimum atomic E-state index is -5.12. The van der Waals surface area contributed by atoms with Gasteiger partial charge in [0, 0.05) is 14.6 Å². The molecule has 3 aromatic rings. The van der Waals surface area contributed by atoms with Gasteiger partial charge in [0.05, 0.1) is 32.2 Å². The van der Waals surface area contributed by atoms with Gasteiger partial charge in [-0.2, -0.15) is 85.8 Å². The molecule has 301 valence electrons. The van der Waals surface area contributed by atoms with Crippen LogP contribution in [0.5, 0.6) is 0 Å². The second-order valence-electron chi connectivity index (χ2n) is 8.34. The van der Waals surface area contributed by atoms with E-state index in [1.54, 1.807) is 5.10 Å². The van der Waals surface area contributed by atoms with E-state index < -0.39 is 93.9 Å². The molecule has 30 heteroatoms. The molecule has 0 unspecified atom stereocenters. The Morgan fingerprint density at radius 2 is 1.17 bits per heavy atom. The van der Waals surface area contributed by atoms with E-state index in [2.05, 4.69) is 41.1 Å². The first kappa shape index (κ1) is 54.7. The number of esters is 3. The van der Waals surface area contributed by atoms with Crippen LogP contribution in [0.15, 0.2) is 18.6 Å². The van der Waals surface area contributed by atoms with E-state index in [4.69, 9.17) is 0 Å². The van der Waals surface area contributed by atoms with Crippen LogP contribution in [0.3, 0.4) is 0 Å². The molecule has 3 heterocycles. The molecular weight excluding hydrogens is 823 g/mol. The van der Waals surface area contributed by atoms with Gasteiger partial charge in [0.1, 0.15) is 16.7 Å². The number of rotatable bonds is 8. The van der Waals surface area contributed by atoms with Crippen molar-refractivity contribution >= 4 is 37.9 Å². The molecule has 3 aromatic heterocycles. The van der Waals surface area contributed by atoms with Gasteiger partial charge in [-0.15, -0.1) is 0 Å². The van der Waals surface area contributed by atoms with Crippen molar-refractivity contribution in [1.82, 2.24) is 29.8 Å². The minimum Gasteiger partial charge on any atom is -1.00 e. The van der Waals surface area contributed by atoms with Crippen molar-refractivity contribution in [2.45, 2.75) is 58.3 Å². The Morgan fingerprint density at radius 1 is 0.741 bits per heavy atom. The Labute approximate surface area is 322 Å². The van der Waals surface area contributed by atoms with Gasteiger partial charge in [0.15, 0.2) is 17.1 Å². The first-order valence-corrected chi connectivity index (χ1v) is 13.6. The van der Waals surface area contributed by atoms with Crippen LogP contribution >= 0.6 is 11.6 Å². The van der Waals surface area contributed by atoms with E-state index in [0.29, 0.717) is 12.4 Å². The molecule has 3 rings (SSSR count). The normalized spacial score (nSPS) is 11.1. The van der Waals surface area contributed by atoms with Gasteiger partial charge in [-0.05, 0) is 20.8 Å². The Bertz CT molecular complexity index is 1570. The van der Waals surface area contributed by atoms with Gasteiger partial charge in [-0.1, -0.05) is 11.6 Å². The molecule has 0 fully saturated rings. The number of halogens is 16. The number of carbonyl (C=O) groups excluding carboxylic acids is 3. The number of nitrogens with zero attached hydrogens (tertiary/aromatic N) is 5. The van der Waals surface area contributed by atoms with Gasteiger partial charge in [-0.3, -0.25) is 5.10 Å². The quantitative estimate of drug-likeness (QED) is 0.112. The molecule has 0 aliphatic rings. The Hall–Kier alpha value is -3.66. The molecule has 0 saturated carbocycles. The standard InChI is InChI=1S/2C8H7F5N2O2.C7H7F3N2O2.CHClF2.B.Na.H/c1-2-17-6(16)4-3-15(7(9)10)14-5(4)8(11,12)13;1-2-17-6(16)4-3-14-15(7(9)10)5(4)8(11,12)13;1-2-14-6(13)4-3-11-12-5(4)7(8,9)10;2-1(3)4;;;/h2*3,7H,2H2,1H3;3H,2H2,1H3,(H,11,12);1H;;;/q;;;;;+1;-1. The molecule has 0 aliphatic heterocycles. The average Bonchev–Trinajstić information content (AvgIpc) is 3.76. The molecule has 0 spiro atoms. The number of carbonyl (C=O) groups is 3. The third kappa shape index (κ3) is 17.7. The van der Waals surface area contributed by atoms with Crippen molar-refractivity contribution < 1.29 is 125 Å². The summed E-state index contributed by atoms with van der Waals surface area (Å²) >= 11 is 3.94. The SMILES string of the molecule is CCOC(=O)c1cn(C(F)F)nc1C(F)(F)F.CCOC(=O)c1cn[nH]c1C(F)(F)F.CCOC(=O)c1cnn(C(F)F)c1C(F)(F)F.FC(F)Cl.[B].[H-].[Na+]. The van der Waals surface area contributed by atoms with E-state index in [-0.39, 0.29) is 63.9 Å². The summed E-state index contributed by atoms with van der Waals surface area (Å²) < 4.78 is 193. The van der Waals surface area contributed by atoms with Crippen LogP contribution in [0.1, 0.15) is 83.5 Å². The van der Waals surface area contributed by atoms with Crippen molar-refractivity contribution in [3.63, 3.8) is 0 Å². The fourth-order valence-electron chi connectivity index (χ4n) is 3.08. The number of ether oxygens (including phenoxy) is 3. The molecule has 0 aromatic carbocycles. The smallest absolute Gasteiger partial charge is 1.00 e. The molecule has 0 bridgehead atoms. The molecule has 0 atom stereocenters. The molecule has 3 radical (unpaired) electrons. The van der Waals surface area contributed by atoms with Crippen LogP contribution in [0.2, 0.25) is 0 Å². The van der Waals surface area contributed by atoms with Crippen LogP contribution < -0.4 is 29.6 Å². The second-order valence-corrected chi connectivity index (χ2v) is 8.67. The molecule has 1 N–H and O–H groups in total. The average molecular weight is 846 g/mol. The number of aromatic amines is 1. The summed E-state index contributed by atoms with van der Waals surface area (Å²) in [5, 5.41) is 10.3. The van der Waals surface area contributed by atoms with Crippen LogP contribution in [-0.2, 0) is 32.7 Å². The van der Waals surface area contributed by atoms with Crippen molar-refractivity contribution in [1.29, 1.82) is 0 Å². The molecule has 0 saturated heterocycles. The van der Waals surface area contributed by atoms with Crippen molar-refractivity contribution in [2.24, 2.45) is 0 Å². The fourth-order valence-corrected chi connectivity index (χ4v) is 3.08. The number of hydrogen-bond donors (Lipinski definition) is 1. The fraction of sp³-hybridized carbons (Fsp3) is 0.500. The minimum absolute atomic E-state index is 0. The van der Waals surface area contributed by atoms with E-state index in [1.165, 1.54) is 20.8 Å². The Kier molecular flexibility index (Phi) is 24.3. The first-order chi connectivity index (χ1) is 23.8. The van der Waals surface area contributed by atoms with Crippen LogP contribution in [0, 0.1) is 0 Å². The van der Waals surface area contributed by atoms with Gasteiger partial charge in [-0.25, -0.2) is 19.1 Å².